The van der Waals surface area contributed by atoms with Crippen LogP contribution in [0.2, 0.25) is 0 Å². The van der Waals surface area contributed by atoms with Gasteiger partial charge < -0.3 is 0 Å². The van der Waals surface area contributed by atoms with Crippen LogP contribution in [0.25, 0.3) is 38.9 Å². The standard InChI is InChI=1S/C30H27N5O/c1-3-4-10-21-15-17-23(18-16-21)35-28-26(27-29(35)33-25-14-9-8-13-24(25)32-27)30(36)34(19-31-28)20(2)22-11-6-5-7-12-22/h5-9,11-20H,3-4,10H2,1-2H3. The summed E-state index contributed by atoms with van der Waals surface area (Å²) in [6, 6.07) is 26.0. The van der Waals surface area contributed by atoms with Crippen LogP contribution in [0.3, 0.4) is 0 Å². The molecule has 0 aliphatic carbocycles. The number of unbranched alkanes of at least 4 members (excludes halogenated alkanes) is 1. The van der Waals surface area contributed by atoms with Crippen molar-refractivity contribution in [3.8, 4) is 5.69 Å². The SMILES string of the molecule is CCCCc1ccc(-n2c3nc4ccccc4nc3c3c(=O)n(C(C)c4ccccc4)cnc32)cc1. The van der Waals surface area contributed by atoms with Crippen molar-refractivity contribution >= 4 is 33.2 Å². The Bertz CT molecular complexity index is 1750. The average molecular weight is 474 g/mol. The molecule has 0 radical (unpaired) electrons. The van der Waals surface area contributed by atoms with Crippen LogP contribution in [0.1, 0.15) is 43.9 Å². The maximum absolute atomic E-state index is 14.0. The summed E-state index contributed by atoms with van der Waals surface area (Å²) < 4.78 is 3.65. The fourth-order valence-electron chi connectivity index (χ4n) is 4.86. The molecule has 0 aliphatic rings. The van der Waals surface area contributed by atoms with Crippen molar-refractivity contribution in [3.63, 3.8) is 0 Å². The molecule has 0 aliphatic heterocycles. The summed E-state index contributed by atoms with van der Waals surface area (Å²) in [6.45, 7) is 4.21. The highest BCUT2D eigenvalue weighted by Crippen LogP contribution is 2.29. The molecule has 1 unspecified atom stereocenters. The third-order valence-electron chi connectivity index (χ3n) is 6.90. The summed E-state index contributed by atoms with van der Waals surface area (Å²) in [5, 5.41) is 0.489. The Kier molecular flexibility index (Phi) is 5.56. The summed E-state index contributed by atoms with van der Waals surface area (Å²) in [5.74, 6) is 0. The quantitative estimate of drug-likeness (QED) is 0.287. The van der Waals surface area contributed by atoms with Gasteiger partial charge in [0.2, 0.25) is 0 Å². The van der Waals surface area contributed by atoms with E-state index in [9.17, 15) is 4.79 Å². The zero-order valence-corrected chi connectivity index (χ0v) is 20.4. The van der Waals surface area contributed by atoms with E-state index in [2.05, 4.69) is 31.2 Å². The molecule has 0 spiro atoms. The molecular weight excluding hydrogens is 446 g/mol. The van der Waals surface area contributed by atoms with Gasteiger partial charge in [-0.15, -0.1) is 0 Å². The van der Waals surface area contributed by atoms with Crippen LogP contribution in [0.15, 0.2) is 90.0 Å². The number of hydrogen-bond donors (Lipinski definition) is 0. The number of rotatable bonds is 6. The molecule has 0 fully saturated rings. The molecule has 6 nitrogen and oxygen atoms in total. The normalized spacial score (nSPS) is 12.5. The Hall–Kier alpha value is -4.32. The molecule has 6 rings (SSSR count). The molecule has 178 valence electrons. The Balaban J connectivity index is 1.62. The highest BCUT2D eigenvalue weighted by Gasteiger charge is 2.22. The molecule has 3 aromatic carbocycles. The van der Waals surface area contributed by atoms with Gasteiger partial charge in [0, 0.05) is 5.69 Å². The second kappa shape index (κ2) is 9.04. The molecule has 0 saturated heterocycles. The molecule has 6 heteroatoms. The van der Waals surface area contributed by atoms with Gasteiger partial charge in [-0.25, -0.2) is 15.0 Å². The third kappa shape index (κ3) is 3.66. The van der Waals surface area contributed by atoms with Gasteiger partial charge in [-0.2, -0.15) is 0 Å². The molecule has 6 aromatic rings. The minimum Gasteiger partial charge on any atom is -0.291 e. The van der Waals surface area contributed by atoms with Crippen molar-refractivity contribution in [2.24, 2.45) is 0 Å². The zero-order chi connectivity index (χ0) is 24.6. The lowest BCUT2D eigenvalue weighted by Crippen LogP contribution is -2.24. The second-order valence-corrected chi connectivity index (χ2v) is 9.23. The maximum Gasteiger partial charge on any atom is 0.265 e. The van der Waals surface area contributed by atoms with Crippen LogP contribution in [0, 0.1) is 0 Å². The van der Waals surface area contributed by atoms with Gasteiger partial charge in [0.05, 0.1) is 17.1 Å². The van der Waals surface area contributed by atoms with E-state index in [1.54, 1.807) is 10.9 Å². The van der Waals surface area contributed by atoms with E-state index in [-0.39, 0.29) is 11.6 Å². The molecule has 0 N–H and O–H groups in total. The number of nitrogens with zero attached hydrogens (tertiary/aromatic N) is 5. The predicted molar refractivity (Wildman–Crippen MR) is 145 cm³/mol. The number of aromatic nitrogens is 5. The van der Waals surface area contributed by atoms with Crippen molar-refractivity contribution in [1.29, 1.82) is 0 Å². The van der Waals surface area contributed by atoms with Gasteiger partial charge in [0.1, 0.15) is 17.2 Å². The van der Waals surface area contributed by atoms with Crippen LogP contribution >= 0.6 is 0 Å². The van der Waals surface area contributed by atoms with Gasteiger partial charge in [-0.3, -0.25) is 13.9 Å². The van der Waals surface area contributed by atoms with Gasteiger partial charge in [0.15, 0.2) is 11.3 Å². The number of hydrogen-bond acceptors (Lipinski definition) is 4. The van der Waals surface area contributed by atoms with Crippen molar-refractivity contribution in [1.82, 2.24) is 24.1 Å². The second-order valence-electron chi connectivity index (χ2n) is 9.23. The van der Waals surface area contributed by atoms with E-state index in [0.29, 0.717) is 22.2 Å². The Morgan fingerprint density at radius 3 is 2.25 bits per heavy atom. The largest absolute Gasteiger partial charge is 0.291 e. The molecule has 36 heavy (non-hydrogen) atoms. The first-order chi connectivity index (χ1) is 17.7. The fourth-order valence-corrected chi connectivity index (χ4v) is 4.86. The lowest BCUT2D eigenvalue weighted by Gasteiger charge is -2.15. The summed E-state index contributed by atoms with van der Waals surface area (Å²) in [5.41, 5.74) is 6.46. The zero-order valence-electron chi connectivity index (χ0n) is 20.4. The van der Waals surface area contributed by atoms with Crippen LogP contribution in [0.4, 0.5) is 0 Å². The summed E-state index contributed by atoms with van der Waals surface area (Å²) in [7, 11) is 0. The summed E-state index contributed by atoms with van der Waals surface area (Å²) in [6.07, 6.45) is 5.02. The van der Waals surface area contributed by atoms with E-state index < -0.39 is 0 Å². The van der Waals surface area contributed by atoms with Crippen molar-refractivity contribution in [2.75, 3.05) is 0 Å². The monoisotopic (exact) mass is 473 g/mol. The number of fused-ring (bicyclic) bond motifs is 4. The van der Waals surface area contributed by atoms with Crippen molar-refractivity contribution in [2.45, 2.75) is 39.2 Å². The van der Waals surface area contributed by atoms with Gasteiger partial charge >= 0.3 is 0 Å². The Morgan fingerprint density at radius 1 is 0.833 bits per heavy atom. The van der Waals surface area contributed by atoms with E-state index in [1.807, 2.05) is 66.1 Å². The molecule has 3 heterocycles. The predicted octanol–water partition coefficient (Wildman–Crippen LogP) is 6.24. The lowest BCUT2D eigenvalue weighted by atomic mass is 10.1. The first-order valence-electron chi connectivity index (χ1n) is 12.5. The first-order valence-corrected chi connectivity index (χ1v) is 12.5. The van der Waals surface area contributed by atoms with E-state index in [4.69, 9.17) is 15.0 Å². The van der Waals surface area contributed by atoms with Crippen LogP contribution < -0.4 is 5.56 Å². The Morgan fingerprint density at radius 2 is 1.53 bits per heavy atom. The minimum atomic E-state index is -0.166. The molecule has 0 bridgehead atoms. The summed E-state index contributed by atoms with van der Waals surface area (Å²) in [4.78, 5) is 28.6. The topological polar surface area (TPSA) is 65.6 Å². The Labute approximate surface area is 208 Å². The van der Waals surface area contributed by atoms with E-state index in [1.165, 1.54) is 5.56 Å². The summed E-state index contributed by atoms with van der Waals surface area (Å²) >= 11 is 0. The van der Waals surface area contributed by atoms with Crippen LogP contribution in [-0.2, 0) is 6.42 Å². The van der Waals surface area contributed by atoms with Gasteiger partial charge in [-0.05, 0) is 55.2 Å². The number of para-hydroxylation sites is 2. The molecule has 0 amide bonds. The lowest BCUT2D eigenvalue weighted by molar-refractivity contribution is 0.608. The fraction of sp³-hybridized carbons (Fsp3) is 0.200. The highest BCUT2D eigenvalue weighted by atomic mass is 16.1. The maximum atomic E-state index is 14.0. The highest BCUT2D eigenvalue weighted by molar-refractivity contribution is 6.05. The average Bonchev–Trinajstić information content (AvgIpc) is 3.25. The smallest absolute Gasteiger partial charge is 0.265 e. The number of aryl methyl sites for hydroxylation is 1. The third-order valence-corrected chi connectivity index (χ3v) is 6.90. The molecular formula is C30H27N5O. The van der Waals surface area contributed by atoms with Gasteiger partial charge in [-0.1, -0.05) is 67.9 Å². The van der Waals surface area contributed by atoms with E-state index >= 15 is 0 Å². The molecule has 3 aromatic heterocycles. The van der Waals surface area contributed by atoms with Crippen molar-refractivity contribution in [3.05, 3.63) is 107 Å². The first kappa shape index (κ1) is 22.2. The minimum absolute atomic E-state index is 0.121. The number of benzene rings is 3. The van der Waals surface area contributed by atoms with Crippen molar-refractivity contribution < 1.29 is 0 Å². The van der Waals surface area contributed by atoms with Gasteiger partial charge in [0.25, 0.3) is 5.56 Å². The van der Waals surface area contributed by atoms with E-state index in [0.717, 1.165) is 41.5 Å². The van der Waals surface area contributed by atoms with Crippen LogP contribution in [-0.4, -0.2) is 24.1 Å². The molecule has 1 atom stereocenters. The van der Waals surface area contributed by atoms with Crippen LogP contribution in [0.5, 0.6) is 0 Å². The molecule has 0 saturated carbocycles.